The van der Waals surface area contributed by atoms with Crippen LogP contribution in [0.2, 0.25) is 0 Å². The fourth-order valence-corrected chi connectivity index (χ4v) is 2.32. The van der Waals surface area contributed by atoms with Crippen LogP contribution < -0.4 is 4.74 Å². The number of hydrogen-bond donors (Lipinski definition) is 0. The van der Waals surface area contributed by atoms with E-state index in [4.69, 9.17) is 4.74 Å². The molecule has 3 aromatic rings. The van der Waals surface area contributed by atoms with E-state index in [0.29, 0.717) is 23.5 Å². The molecule has 6 heteroatoms. The van der Waals surface area contributed by atoms with Crippen LogP contribution in [0, 0.1) is 12.7 Å². The Labute approximate surface area is 127 Å². The molecule has 5 nitrogen and oxygen atoms in total. The lowest BCUT2D eigenvalue weighted by Crippen LogP contribution is -2.05. The van der Waals surface area contributed by atoms with Gasteiger partial charge in [0.2, 0.25) is 0 Å². The third kappa shape index (κ3) is 2.67. The zero-order chi connectivity index (χ0) is 15.5. The molecule has 1 aromatic carbocycles. The maximum absolute atomic E-state index is 14.0. The Bertz CT molecular complexity index is 783. The summed E-state index contributed by atoms with van der Waals surface area (Å²) in [5, 5.41) is 8.18. The zero-order valence-corrected chi connectivity index (χ0v) is 12.3. The number of benzene rings is 1. The second-order valence-electron chi connectivity index (χ2n) is 4.88. The maximum atomic E-state index is 14.0. The molecule has 0 N–H and O–H groups in total. The van der Waals surface area contributed by atoms with E-state index in [-0.39, 0.29) is 5.82 Å². The third-order valence-corrected chi connectivity index (χ3v) is 3.42. The molecule has 0 fully saturated rings. The second-order valence-corrected chi connectivity index (χ2v) is 4.88. The van der Waals surface area contributed by atoms with Crippen molar-refractivity contribution >= 4 is 0 Å². The van der Waals surface area contributed by atoms with Gasteiger partial charge >= 0.3 is 0 Å². The highest BCUT2D eigenvalue weighted by Crippen LogP contribution is 2.25. The highest BCUT2D eigenvalue weighted by Gasteiger charge is 2.15. The average molecular weight is 298 g/mol. The van der Waals surface area contributed by atoms with E-state index in [2.05, 4.69) is 15.3 Å². The summed E-state index contributed by atoms with van der Waals surface area (Å²) in [5.74, 6) is 0.405. The van der Waals surface area contributed by atoms with Crippen molar-refractivity contribution in [2.75, 3.05) is 7.11 Å². The van der Waals surface area contributed by atoms with Crippen LogP contribution >= 0.6 is 0 Å². The Balaban J connectivity index is 1.97. The van der Waals surface area contributed by atoms with Crippen LogP contribution in [0.4, 0.5) is 4.39 Å². The number of methoxy groups -OCH3 is 1. The molecule has 0 aliphatic carbocycles. The number of halogens is 1. The molecular weight excluding hydrogens is 283 g/mol. The first kappa shape index (κ1) is 14.2. The molecule has 0 bridgehead atoms. The monoisotopic (exact) mass is 298 g/mol. The molecule has 0 saturated heterocycles. The van der Waals surface area contributed by atoms with Crippen molar-refractivity contribution in [3.63, 3.8) is 0 Å². The summed E-state index contributed by atoms with van der Waals surface area (Å²) in [6.45, 7) is 2.31. The molecule has 0 amide bonds. The minimum atomic E-state index is -0.385. The fourth-order valence-electron chi connectivity index (χ4n) is 2.32. The van der Waals surface area contributed by atoms with Gasteiger partial charge in [-0.05, 0) is 30.7 Å². The lowest BCUT2D eigenvalue weighted by Gasteiger charge is -2.09. The summed E-state index contributed by atoms with van der Waals surface area (Å²) >= 11 is 0. The van der Waals surface area contributed by atoms with Crippen molar-refractivity contribution in [1.82, 2.24) is 20.0 Å². The summed E-state index contributed by atoms with van der Waals surface area (Å²) in [5.41, 5.74) is 2.82. The number of aromatic nitrogens is 4. The number of hydrogen-bond acceptors (Lipinski definition) is 4. The van der Waals surface area contributed by atoms with Crippen LogP contribution in [-0.2, 0) is 6.54 Å². The van der Waals surface area contributed by atoms with Crippen LogP contribution in [0.15, 0.2) is 42.7 Å². The minimum Gasteiger partial charge on any atom is -0.497 e. The van der Waals surface area contributed by atoms with Gasteiger partial charge in [0.25, 0.3) is 0 Å². The van der Waals surface area contributed by atoms with Gasteiger partial charge in [0.1, 0.15) is 5.75 Å². The van der Waals surface area contributed by atoms with Crippen LogP contribution in [-0.4, -0.2) is 27.1 Å². The molecule has 2 aromatic heterocycles. The molecule has 0 unspecified atom stereocenters. The first-order chi connectivity index (χ1) is 10.7. The van der Waals surface area contributed by atoms with E-state index >= 15 is 0 Å². The Morgan fingerprint density at radius 1 is 1.18 bits per heavy atom. The van der Waals surface area contributed by atoms with E-state index in [0.717, 1.165) is 11.3 Å². The van der Waals surface area contributed by atoms with Crippen molar-refractivity contribution in [1.29, 1.82) is 0 Å². The third-order valence-electron chi connectivity index (χ3n) is 3.42. The molecule has 0 saturated carbocycles. The second kappa shape index (κ2) is 5.93. The van der Waals surface area contributed by atoms with Gasteiger partial charge in [0.05, 0.1) is 31.2 Å². The Hall–Kier alpha value is -2.76. The van der Waals surface area contributed by atoms with E-state index < -0.39 is 0 Å². The average Bonchev–Trinajstić information content (AvgIpc) is 2.89. The highest BCUT2D eigenvalue weighted by molar-refractivity contribution is 5.61. The summed E-state index contributed by atoms with van der Waals surface area (Å²) in [6.07, 6.45) is 2.75. The quantitative estimate of drug-likeness (QED) is 0.743. The molecule has 0 radical (unpaired) electrons. The van der Waals surface area contributed by atoms with Gasteiger partial charge in [0, 0.05) is 11.8 Å². The largest absolute Gasteiger partial charge is 0.497 e. The van der Waals surface area contributed by atoms with Crippen molar-refractivity contribution in [2.45, 2.75) is 13.5 Å². The van der Waals surface area contributed by atoms with Crippen molar-refractivity contribution in [3.05, 3.63) is 59.8 Å². The molecule has 0 aliphatic heterocycles. The van der Waals surface area contributed by atoms with Gasteiger partial charge in [-0.25, -0.2) is 9.07 Å². The minimum absolute atomic E-state index is 0.385. The summed E-state index contributed by atoms with van der Waals surface area (Å²) in [7, 11) is 1.63. The predicted molar refractivity (Wildman–Crippen MR) is 80.0 cm³/mol. The summed E-state index contributed by atoms with van der Waals surface area (Å²) in [6, 6.07) is 9.29. The number of rotatable bonds is 4. The molecule has 22 heavy (non-hydrogen) atoms. The molecule has 0 spiro atoms. The van der Waals surface area contributed by atoms with E-state index in [1.54, 1.807) is 24.1 Å². The number of nitrogens with zero attached hydrogens (tertiary/aromatic N) is 4. The first-order valence-corrected chi connectivity index (χ1v) is 6.82. The molecule has 3 rings (SSSR count). The van der Waals surface area contributed by atoms with E-state index in [1.807, 2.05) is 31.2 Å². The Morgan fingerprint density at radius 2 is 1.95 bits per heavy atom. The number of pyridine rings is 1. The van der Waals surface area contributed by atoms with Gasteiger partial charge in [-0.3, -0.25) is 4.98 Å². The van der Waals surface area contributed by atoms with E-state index in [9.17, 15) is 4.39 Å². The maximum Gasteiger partial charge on any atom is 0.150 e. The van der Waals surface area contributed by atoms with Crippen LogP contribution in [0.3, 0.4) is 0 Å². The SMILES string of the molecule is COc1ccc(Cn2nnc(C)c2-c2ccncc2F)cc1. The topological polar surface area (TPSA) is 52.8 Å². The van der Waals surface area contributed by atoms with Crippen molar-refractivity contribution in [2.24, 2.45) is 0 Å². The number of ether oxygens (including phenoxy) is 1. The van der Waals surface area contributed by atoms with Crippen LogP contribution in [0.1, 0.15) is 11.3 Å². The summed E-state index contributed by atoms with van der Waals surface area (Å²) in [4.78, 5) is 3.78. The lowest BCUT2D eigenvalue weighted by molar-refractivity contribution is 0.414. The van der Waals surface area contributed by atoms with Crippen LogP contribution in [0.5, 0.6) is 5.75 Å². The Morgan fingerprint density at radius 3 is 2.64 bits per heavy atom. The van der Waals surface area contributed by atoms with Gasteiger partial charge in [-0.1, -0.05) is 17.3 Å². The smallest absolute Gasteiger partial charge is 0.150 e. The highest BCUT2D eigenvalue weighted by atomic mass is 19.1. The standard InChI is InChI=1S/C16H15FN4O/c1-11-16(14-7-8-18-9-15(14)17)21(20-19-11)10-12-3-5-13(22-2)6-4-12/h3-9H,10H2,1-2H3. The van der Waals surface area contributed by atoms with Gasteiger partial charge in [-0.15, -0.1) is 5.10 Å². The summed E-state index contributed by atoms with van der Waals surface area (Å²) < 4.78 is 20.8. The van der Waals surface area contributed by atoms with Gasteiger partial charge < -0.3 is 4.74 Å². The van der Waals surface area contributed by atoms with Gasteiger partial charge in [-0.2, -0.15) is 0 Å². The van der Waals surface area contributed by atoms with Gasteiger partial charge in [0.15, 0.2) is 5.82 Å². The predicted octanol–water partition coefficient (Wildman–Crippen LogP) is 2.84. The normalized spacial score (nSPS) is 10.7. The Kier molecular flexibility index (Phi) is 3.82. The van der Waals surface area contributed by atoms with Crippen molar-refractivity contribution < 1.29 is 9.13 Å². The zero-order valence-electron chi connectivity index (χ0n) is 12.3. The number of aryl methyl sites for hydroxylation is 1. The molecule has 0 aliphatic rings. The molecule has 112 valence electrons. The van der Waals surface area contributed by atoms with Crippen molar-refractivity contribution in [3.8, 4) is 17.0 Å². The molecular formula is C16H15FN4O. The first-order valence-electron chi connectivity index (χ1n) is 6.82. The lowest BCUT2D eigenvalue weighted by atomic mass is 10.1. The van der Waals surface area contributed by atoms with Crippen LogP contribution in [0.25, 0.3) is 11.3 Å². The van der Waals surface area contributed by atoms with E-state index in [1.165, 1.54) is 6.20 Å². The molecule has 0 atom stereocenters. The molecule has 2 heterocycles. The fraction of sp³-hybridized carbons (Fsp3) is 0.188.